The molecule has 0 saturated heterocycles. The van der Waals surface area contributed by atoms with Crippen LogP contribution in [0, 0.1) is 0 Å². The van der Waals surface area contributed by atoms with Crippen LogP contribution in [0.2, 0.25) is 0 Å². The molecule has 0 unspecified atom stereocenters. The summed E-state index contributed by atoms with van der Waals surface area (Å²) in [7, 11) is 3.77. The molecule has 2 aromatic rings. The van der Waals surface area contributed by atoms with Gasteiger partial charge in [-0.3, -0.25) is 4.99 Å². The van der Waals surface area contributed by atoms with Crippen molar-refractivity contribution in [2.24, 2.45) is 4.99 Å². The average molecular weight is 432 g/mol. The third-order valence-electron chi connectivity index (χ3n) is 5.40. The second kappa shape index (κ2) is 9.28. The van der Waals surface area contributed by atoms with Crippen molar-refractivity contribution in [1.29, 1.82) is 0 Å². The molecule has 2 aliphatic heterocycles. The Morgan fingerprint density at radius 2 is 1.94 bits per heavy atom. The zero-order chi connectivity index (χ0) is 21.8. The smallest absolute Gasteiger partial charge is 0.387 e. The van der Waals surface area contributed by atoms with E-state index >= 15 is 0 Å². The van der Waals surface area contributed by atoms with Gasteiger partial charge in [0.1, 0.15) is 5.75 Å². The summed E-state index contributed by atoms with van der Waals surface area (Å²) < 4.78 is 40.9. The Balaban J connectivity index is 1.39. The number of anilines is 1. The minimum atomic E-state index is -2.93. The molecular weight excluding hydrogens is 406 g/mol. The van der Waals surface area contributed by atoms with Gasteiger partial charge in [-0.1, -0.05) is 12.1 Å². The SMILES string of the molecule is CN=C(NCc1ccc2c(c1)CCCN2C)NCc1cc2c(cc1OC(F)F)OCO2. The molecule has 7 nitrogen and oxygen atoms in total. The fourth-order valence-corrected chi connectivity index (χ4v) is 3.84. The molecule has 2 heterocycles. The van der Waals surface area contributed by atoms with Gasteiger partial charge in [-0.15, -0.1) is 0 Å². The highest BCUT2D eigenvalue weighted by molar-refractivity contribution is 5.79. The van der Waals surface area contributed by atoms with E-state index in [0.29, 0.717) is 29.6 Å². The summed E-state index contributed by atoms with van der Waals surface area (Å²) in [5, 5.41) is 6.41. The lowest BCUT2D eigenvalue weighted by Crippen LogP contribution is -2.36. The van der Waals surface area contributed by atoms with Gasteiger partial charge in [-0.25, -0.2) is 0 Å². The van der Waals surface area contributed by atoms with Gasteiger partial charge in [0.05, 0.1) is 0 Å². The number of benzene rings is 2. The number of alkyl halides is 2. The number of ether oxygens (including phenoxy) is 3. The molecule has 2 N–H and O–H groups in total. The summed E-state index contributed by atoms with van der Waals surface area (Å²) in [6.07, 6.45) is 2.24. The van der Waals surface area contributed by atoms with E-state index in [2.05, 4.69) is 50.5 Å². The summed E-state index contributed by atoms with van der Waals surface area (Å²) in [5.41, 5.74) is 4.31. The number of halogens is 2. The molecule has 0 radical (unpaired) electrons. The zero-order valence-electron chi connectivity index (χ0n) is 17.6. The molecule has 0 atom stereocenters. The molecule has 4 rings (SSSR count). The highest BCUT2D eigenvalue weighted by Gasteiger charge is 2.20. The topological polar surface area (TPSA) is 67.4 Å². The Labute approximate surface area is 180 Å². The number of nitrogens with zero attached hydrogens (tertiary/aromatic N) is 2. The first kappa shape index (κ1) is 21.0. The highest BCUT2D eigenvalue weighted by atomic mass is 19.3. The van der Waals surface area contributed by atoms with E-state index in [1.807, 2.05) is 0 Å². The number of aliphatic imine (C=N–C) groups is 1. The van der Waals surface area contributed by atoms with Crippen molar-refractivity contribution in [3.63, 3.8) is 0 Å². The Kier molecular flexibility index (Phi) is 6.29. The first-order valence-corrected chi connectivity index (χ1v) is 10.2. The summed E-state index contributed by atoms with van der Waals surface area (Å²) in [6, 6.07) is 9.54. The van der Waals surface area contributed by atoms with Crippen LogP contribution in [0.25, 0.3) is 0 Å². The number of rotatable bonds is 6. The summed E-state index contributed by atoms with van der Waals surface area (Å²) in [5.74, 6) is 1.48. The molecule has 9 heteroatoms. The lowest BCUT2D eigenvalue weighted by molar-refractivity contribution is -0.0505. The van der Waals surface area contributed by atoms with Crippen molar-refractivity contribution < 1.29 is 23.0 Å². The minimum absolute atomic E-state index is 0.0426. The van der Waals surface area contributed by atoms with Gasteiger partial charge in [0, 0.05) is 51.0 Å². The largest absolute Gasteiger partial charge is 0.454 e. The van der Waals surface area contributed by atoms with Gasteiger partial charge in [0.15, 0.2) is 17.5 Å². The molecule has 0 aromatic heterocycles. The summed E-state index contributed by atoms with van der Waals surface area (Å²) in [6.45, 7) is -0.969. The Morgan fingerprint density at radius 3 is 2.71 bits per heavy atom. The monoisotopic (exact) mass is 432 g/mol. The zero-order valence-corrected chi connectivity index (χ0v) is 17.6. The number of hydrogen-bond donors (Lipinski definition) is 2. The van der Waals surface area contributed by atoms with E-state index < -0.39 is 6.61 Å². The molecule has 0 fully saturated rings. The van der Waals surface area contributed by atoms with Crippen LogP contribution in [0.1, 0.15) is 23.1 Å². The van der Waals surface area contributed by atoms with Gasteiger partial charge in [0.25, 0.3) is 0 Å². The van der Waals surface area contributed by atoms with E-state index in [1.54, 1.807) is 13.1 Å². The predicted octanol–water partition coefficient (Wildman–Crippen LogP) is 3.26. The molecule has 31 heavy (non-hydrogen) atoms. The van der Waals surface area contributed by atoms with E-state index in [1.165, 1.54) is 17.3 Å². The molecule has 166 valence electrons. The molecule has 0 amide bonds. The first-order chi connectivity index (χ1) is 15.0. The van der Waals surface area contributed by atoms with Gasteiger partial charge in [-0.05, 0) is 36.1 Å². The van der Waals surface area contributed by atoms with Crippen LogP contribution >= 0.6 is 0 Å². The van der Waals surface area contributed by atoms with E-state index in [-0.39, 0.29) is 19.1 Å². The summed E-state index contributed by atoms with van der Waals surface area (Å²) in [4.78, 5) is 6.50. The molecule has 2 aliphatic rings. The van der Waals surface area contributed by atoms with Crippen LogP contribution in [-0.4, -0.2) is 40.0 Å². The van der Waals surface area contributed by atoms with Crippen molar-refractivity contribution >= 4 is 11.6 Å². The van der Waals surface area contributed by atoms with Crippen LogP contribution in [0.3, 0.4) is 0 Å². The lowest BCUT2D eigenvalue weighted by atomic mass is 9.99. The van der Waals surface area contributed by atoms with Crippen molar-refractivity contribution in [1.82, 2.24) is 10.6 Å². The average Bonchev–Trinajstić information content (AvgIpc) is 3.20. The molecule has 0 saturated carbocycles. The molecule has 0 bridgehead atoms. The van der Waals surface area contributed by atoms with E-state index in [9.17, 15) is 8.78 Å². The fraction of sp³-hybridized carbons (Fsp3) is 0.409. The van der Waals surface area contributed by atoms with Crippen molar-refractivity contribution in [3.05, 3.63) is 47.0 Å². The Bertz CT molecular complexity index is 968. The minimum Gasteiger partial charge on any atom is -0.454 e. The standard InChI is InChI=1S/C22H26F2N4O3/c1-25-22(26-11-14-5-6-17-15(8-14)4-3-7-28(17)2)27-12-16-9-19-20(30-13-29-19)10-18(16)31-21(23)24/h5-6,8-10,21H,3-4,7,11-13H2,1-2H3,(H2,25,26,27). The van der Waals surface area contributed by atoms with Crippen LogP contribution in [-0.2, 0) is 19.5 Å². The molecule has 2 aromatic carbocycles. The van der Waals surface area contributed by atoms with Crippen molar-refractivity contribution in [2.75, 3.05) is 32.3 Å². The van der Waals surface area contributed by atoms with E-state index in [4.69, 9.17) is 9.47 Å². The first-order valence-electron chi connectivity index (χ1n) is 10.2. The van der Waals surface area contributed by atoms with Crippen molar-refractivity contribution in [2.45, 2.75) is 32.5 Å². The van der Waals surface area contributed by atoms with Gasteiger partial charge in [0.2, 0.25) is 6.79 Å². The normalized spacial score (nSPS) is 15.1. The molecule has 0 aliphatic carbocycles. The number of fused-ring (bicyclic) bond motifs is 2. The second-order valence-electron chi connectivity index (χ2n) is 7.46. The van der Waals surface area contributed by atoms with Crippen LogP contribution in [0.5, 0.6) is 17.2 Å². The lowest BCUT2D eigenvalue weighted by Gasteiger charge is -2.28. The second-order valence-corrected chi connectivity index (χ2v) is 7.46. The number of aryl methyl sites for hydroxylation is 1. The quantitative estimate of drug-likeness (QED) is 0.540. The third-order valence-corrected chi connectivity index (χ3v) is 5.40. The third kappa shape index (κ3) is 4.92. The predicted molar refractivity (Wildman–Crippen MR) is 114 cm³/mol. The number of guanidine groups is 1. The van der Waals surface area contributed by atoms with Crippen LogP contribution in [0.4, 0.5) is 14.5 Å². The van der Waals surface area contributed by atoms with E-state index in [0.717, 1.165) is 24.9 Å². The molecular formula is C22H26F2N4O3. The maximum absolute atomic E-state index is 12.8. The highest BCUT2D eigenvalue weighted by Crippen LogP contribution is 2.38. The Morgan fingerprint density at radius 1 is 1.16 bits per heavy atom. The van der Waals surface area contributed by atoms with Gasteiger partial charge in [-0.2, -0.15) is 8.78 Å². The number of nitrogens with one attached hydrogen (secondary N) is 2. The molecule has 0 spiro atoms. The Hall–Kier alpha value is -3.23. The van der Waals surface area contributed by atoms with Gasteiger partial charge >= 0.3 is 6.61 Å². The van der Waals surface area contributed by atoms with Crippen LogP contribution < -0.4 is 29.7 Å². The van der Waals surface area contributed by atoms with Crippen LogP contribution in [0.15, 0.2) is 35.3 Å². The maximum atomic E-state index is 12.8. The maximum Gasteiger partial charge on any atom is 0.387 e. The fourth-order valence-electron chi connectivity index (χ4n) is 3.84. The number of hydrogen-bond acceptors (Lipinski definition) is 5. The summed E-state index contributed by atoms with van der Waals surface area (Å²) >= 11 is 0. The van der Waals surface area contributed by atoms with Crippen molar-refractivity contribution in [3.8, 4) is 17.2 Å². The van der Waals surface area contributed by atoms with Gasteiger partial charge < -0.3 is 29.7 Å².